The smallest absolute Gasteiger partial charge is 0.134 e. The van der Waals surface area contributed by atoms with Gasteiger partial charge >= 0.3 is 0 Å². The van der Waals surface area contributed by atoms with Crippen molar-refractivity contribution in [3.05, 3.63) is 86.3 Å². The lowest BCUT2D eigenvalue weighted by Gasteiger charge is -2.28. The van der Waals surface area contributed by atoms with Gasteiger partial charge in [0.15, 0.2) is 0 Å². The molecule has 160 valence electrons. The summed E-state index contributed by atoms with van der Waals surface area (Å²) in [5, 5.41) is 1.05. The van der Waals surface area contributed by atoms with Crippen molar-refractivity contribution in [3.8, 4) is 5.75 Å². The Hall–Kier alpha value is -2.05. The Balaban J connectivity index is 1.37. The maximum absolute atomic E-state index is 6.06. The average molecular weight is 520 g/mol. The highest BCUT2D eigenvalue weighted by Crippen LogP contribution is 2.28. The second-order valence-electron chi connectivity index (χ2n) is 7.10. The number of nitrogens with zero attached hydrogens (tertiary/aromatic N) is 2. The molecule has 1 fully saturated rings. The van der Waals surface area contributed by atoms with Crippen LogP contribution < -0.4 is 9.64 Å². The highest BCUT2D eigenvalue weighted by Gasteiger charge is 2.10. The molecule has 1 aliphatic rings. The number of hydrogen-bond donors (Lipinski definition) is 0. The predicted molar refractivity (Wildman–Crippen MR) is 132 cm³/mol. The van der Waals surface area contributed by atoms with Crippen LogP contribution in [-0.2, 0) is 11.3 Å². The summed E-state index contributed by atoms with van der Waals surface area (Å²) in [6, 6.07) is 19.6. The van der Waals surface area contributed by atoms with Crippen LogP contribution in [-0.4, -0.2) is 32.5 Å². The molecule has 0 saturated carbocycles. The van der Waals surface area contributed by atoms with Crippen LogP contribution in [0.5, 0.6) is 5.75 Å². The number of hydrogen-bond acceptors (Lipinski definition) is 4. The molecule has 4 rings (SSSR count). The van der Waals surface area contributed by atoms with E-state index in [0.717, 1.165) is 53.3 Å². The first-order chi connectivity index (χ1) is 15.1. The van der Waals surface area contributed by atoms with E-state index in [9.17, 15) is 0 Å². The van der Waals surface area contributed by atoms with Crippen LogP contribution in [0.25, 0.3) is 0 Å². The maximum Gasteiger partial charge on any atom is 0.134 e. The van der Waals surface area contributed by atoms with Gasteiger partial charge in [-0.3, -0.25) is 4.99 Å². The number of aliphatic imine (C=N–C) groups is 1. The van der Waals surface area contributed by atoms with Gasteiger partial charge in [0.1, 0.15) is 12.4 Å². The molecule has 0 atom stereocenters. The van der Waals surface area contributed by atoms with Crippen LogP contribution in [0.3, 0.4) is 0 Å². The zero-order chi connectivity index (χ0) is 21.6. The lowest BCUT2D eigenvalue weighted by atomic mass is 10.2. The van der Waals surface area contributed by atoms with Crippen molar-refractivity contribution in [2.45, 2.75) is 6.61 Å². The molecule has 4 nitrogen and oxygen atoms in total. The van der Waals surface area contributed by atoms with Crippen LogP contribution in [0.4, 0.5) is 11.4 Å². The van der Waals surface area contributed by atoms with Crippen LogP contribution in [0.2, 0.25) is 10.0 Å². The maximum atomic E-state index is 6.06. The molecule has 0 spiro atoms. The molecule has 1 saturated heterocycles. The fourth-order valence-electron chi connectivity index (χ4n) is 3.23. The highest BCUT2D eigenvalue weighted by atomic mass is 79.9. The molecule has 3 aromatic carbocycles. The number of halogens is 3. The number of ether oxygens (including phenoxy) is 2. The van der Waals surface area contributed by atoms with Gasteiger partial charge in [-0.15, -0.1) is 0 Å². The quantitative estimate of drug-likeness (QED) is 0.331. The van der Waals surface area contributed by atoms with Crippen LogP contribution in [0.15, 0.2) is 70.1 Å². The van der Waals surface area contributed by atoms with Crippen molar-refractivity contribution in [3.63, 3.8) is 0 Å². The van der Waals surface area contributed by atoms with E-state index in [1.54, 1.807) is 6.07 Å². The first-order valence-electron chi connectivity index (χ1n) is 9.91. The summed E-state index contributed by atoms with van der Waals surface area (Å²) < 4.78 is 12.2. The first kappa shape index (κ1) is 22.2. The summed E-state index contributed by atoms with van der Waals surface area (Å²) in [6.45, 7) is 3.81. The lowest BCUT2D eigenvalue weighted by molar-refractivity contribution is 0.122. The summed E-state index contributed by atoms with van der Waals surface area (Å²) in [5.41, 5.74) is 4.04. The van der Waals surface area contributed by atoms with Gasteiger partial charge in [-0.25, -0.2) is 0 Å². The zero-order valence-electron chi connectivity index (χ0n) is 16.7. The molecule has 0 bridgehead atoms. The molecule has 1 heterocycles. The molecular formula is C24H21BrCl2N2O2. The third kappa shape index (κ3) is 6.01. The van der Waals surface area contributed by atoms with Crippen molar-refractivity contribution in [2.24, 2.45) is 4.99 Å². The summed E-state index contributed by atoms with van der Waals surface area (Å²) >= 11 is 15.6. The first-order valence-corrected chi connectivity index (χ1v) is 11.5. The van der Waals surface area contributed by atoms with Gasteiger partial charge in [-0.05, 0) is 81.7 Å². The average Bonchev–Trinajstić information content (AvgIpc) is 2.80. The Morgan fingerprint density at radius 2 is 1.74 bits per heavy atom. The number of anilines is 1. The number of rotatable bonds is 6. The summed E-state index contributed by atoms with van der Waals surface area (Å²) in [5.74, 6) is 0.748. The minimum atomic E-state index is 0.401. The van der Waals surface area contributed by atoms with Crippen LogP contribution in [0, 0.1) is 0 Å². The second-order valence-corrected chi connectivity index (χ2v) is 8.77. The molecule has 0 N–H and O–H groups in total. The van der Waals surface area contributed by atoms with Gasteiger partial charge < -0.3 is 14.4 Å². The minimum Gasteiger partial charge on any atom is -0.488 e. The van der Waals surface area contributed by atoms with E-state index in [2.05, 4.69) is 38.0 Å². The third-order valence-corrected chi connectivity index (χ3v) is 6.28. The van der Waals surface area contributed by atoms with Gasteiger partial charge in [0, 0.05) is 25.0 Å². The highest BCUT2D eigenvalue weighted by molar-refractivity contribution is 9.10. The SMILES string of the molecule is Clc1ccc(COc2ccc(C=Nc3ccc(N4CCOCC4)cc3)cc2Br)cc1Cl. The van der Waals surface area contributed by atoms with Crippen molar-refractivity contribution in [1.29, 1.82) is 0 Å². The Bertz CT molecular complexity index is 1070. The topological polar surface area (TPSA) is 34.1 Å². The number of benzene rings is 3. The van der Waals surface area contributed by atoms with E-state index in [1.165, 1.54) is 5.69 Å². The molecule has 0 aliphatic carbocycles. The fraction of sp³-hybridized carbons (Fsp3) is 0.208. The predicted octanol–water partition coefficient (Wildman–Crippen LogP) is 6.92. The summed E-state index contributed by atoms with van der Waals surface area (Å²) in [4.78, 5) is 6.91. The Kier molecular flexibility index (Phi) is 7.51. The minimum absolute atomic E-state index is 0.401. The molecule has 3 aromatic rings. The van der Waals surface area contributed by atoms with Crippen LogP contribution in [0.1, 0.15) is 11.1 Å². The largest absolute Gasteiger partial charge is 0.488 e. The van der Waals surface area contributed by atoms with Gasteiger partial charge in [-0.1, -0.05) is 29.3 Å². The Morgan fingerprint density at radius 1 is 0.968 bits per heavy atom. The lowest BCUT2D eigenvalue weighted by Crippen LogP contribution is -2.36. The van der Waals surface area contributed by atoms with Crippen LogP contribution >= 0.6 is 39.1 Å². The van der Waals surface area contributed by atoms with E-state index < -0.39 is 0 Å². The van der Waals surface area contributed by atoms with Crippen molar-refractivity contribution in [2.75, 3.05) is 31.2 Å². The van der Waals surface area contributed by atoms with Gasteiger partial charge in [-0.2, -0.15) is 0 Å². The molecule has 0 radical (unpaired) electrons. The molecule has 0 amide bonds. The van der Waals surface area contributed by atoms with E-state index in [-0.39, 0.29) is 0 Å². The molecule has 7 heteroatoms. The summed E-state index contributed by atoms with van der Waals surface area (Å²) in [6.07, 6.45) is 1.84. The zero-order valence-corrected chi connectivity index (χ0v) is 19.8. The van der Waals surface area contributed by atoms with Crippen molar-refractivity contribution in [1.82, 2.24) is 0 Å². The number of morpholine rings is 1. The van der Waals surface area contributed by atoms with Crippen molar-refractivity contribution >= 4 is 56.7 Å². The molecular weight excluding hydrogens is 499 g/mol. The molecule has 0 aromatic heterocycles. The standard InChI is InChI=1S/C24H21BrCl2N2O2/c25-21-13-17(2-8-24(21)31-16-18-1-7-22(26)23(27)14-18)15-28-19-3-5-20(6-4-19)29-9-11-30-12-10-29/h1-8,13-15H,9-12,16H2. The molecule has 0 unspecified atom stereocenters. The van der Waals surface area contributed by atoms with Crippen molar-refractivity contribution < 1.29 is 9.47 Å². The Labute approximate surface area is 200 Å². The second kappa shape index (κ2) is 10.5. The van der Waals surface area contributed by atoms with E-state index >= 15 is 0 Å². The fourth-order valence-corrected chi connectivity index (χ4v) is 4.06. The van der Waals surface area contributed by atoms with Gasteiger partial charge in [0.25, 0.3) is 0 Å². The molecule has 31 heavy (non-hydrogen) atoms. The van der Waals surface area contributed by atoms with E-state index in [4.69, 9.17) is 32.7 Å². The normalized spacial score (nSPS) is 14.2. The van der Waals surface area contributed by atoms with Gasteiger partial charge in [0.2, 0.25) is 0 Å². The van der Waals surface area contributed by atoms with E-state index in [1.807, 2.05) is 48.7 Å². The third-order valence-electron chi connectivity index (χ3n) is 4.92. The summed E-state index contributed by atoms with van der Waals surface area (Å²) in [7, 11) is 0. The monoisotopic (exact) mass is 518 g/mol. The Morgan fingerprint density at radius 3 is 2.45 bits per heavy atom. The van der Waals surface area contributed by atoms with E-state index in [0.29, 0.717) is 16.7 Å². The molecule has 1 aliphatic heterocycles. The van der Waals surface area contributed by atoms with Gasteiger partial charge in [0.05, 0.1) is 33.4 Å².